The highest BCUT2D eigenvalue weighted by Crippen LogP contribution is 2.47. The van der Waals surface area contributed by atoms with Gasteiger partial charge in [0.05, 0.1) is 7.11 Å². The molecule has 2 aromatic carbocycles. The Kier molecular flexibility index (Phi) is 5.24. The van der Waals surface area contributed by atoms with Crippen molar-refractivity contribution in [2.45, 2.75) is 51.2 Å². The van der Waals surface area contributed by atoms with Gasteiger partial charge in [-0.25, -0.2) is 0 Å². The molecule has 0 amide bonds. The van der Waals surface area contributed by atoms with Gasteiger partial charge in [0.1, 0.15) is 6.10 Å². The van der Waals surface area contributed by atoms with E-state index in [0.29, 0.717) is 18.4 Å². The highest BCUT2D eigenvalue weighted by atomic mass is 16.5. The van der Waals surface area contributed by atoms with E-state index in [1.54, 1.807) is 13.2 Å². The predicted molar refractivity (Wildman–Crippen MR) is 118 cm³/mol. The minimum atomic E-state index is 0.204. The summed E-state index contributed by atoms with van der Waals surface area (Å²) in [7, 11) is 1.70. The Hall–Kier alpha value is -2.75. The summed E-state index contributed by atoms with van der Waals surface area (Å²) in [6, 6.07) is 16.5. The van der Waals surface area contributed by atoms with Crippen molar-refractivity contribution >= 4 is 11.5 Å². The molecular formula is C26H29NO3. The number of rotatable bonds is 7. The second-order valence-corrected chi connectivity index (χ2v) is 8.84. The maximum atomic E-state index is 12.0. The summed E-state index contributed by atoms with van der Waals surface area (Å²) in [6.45, 7) is 0.722. The molecule has 0 unspecified atom stereocenters. The average molecular weight is 404 g/mol. The van der Waals surface area contributed by atoms with Gasteiger partial charge in [-0.05, 0) is 61.6 Å². The lowest BCUT2D eigenvalue weighted by Gasteiger charge is -2.28. The predicted octanol–water partition coefficient (Wildman–Crippen LogP) is 5.52. The molecule has 4 heteroatoms. The van der Waals surface area contributed by atoms with Crippen LogP contribution >= 0.6 is 0 Å². The van der Waals surface area contributed by atoms with Crippen molar-refractivity contribution < 1.29 is 14.3 Å². The van der Waals surface area contributed by atoms with Gasteiger partial charge in [-0.15, -0.1) is 0 Å². The zero-order chi connectivity index (χ0) is 20.5. The molecule has 3 aliphatic rings. The van der Waals surface area contributed by atoms with Crippen LogP contribution in [0.1, 0.15) is 44.1 Å². The third kappa shape index (κ3) is 3.83. The van der Waals surface area contributed by atoms with E-state index in [-0.39, 0.29) is 5.78 Å². The number of benzene rings is 2. The lowest BCUT2D eigenvalue weighted by Crippen LogP contribution is -2.24. The van der Waals surface area contributed by atoms with E-state index in [2.05, 4.69) is 41.3 Å². The summed E-state index contributed by atoms with van der Waals surface area (Å²) in [5.41, 5.74) is 3.32. The zero-order valence-corrected chi connectivity index (χ0v) is 17.5. The minimum Gasteiger partial charge on any atom is -0.493 e. The van der Waals surface area contributed by atoms with E-state index in [0.717, 1.165) is 48.2 Å². The highest BCUT2D eigenvalue weighted by molar-refractivity contribution is 5.93. The van der Waals surface area contributed by atoms with Gasteiger partial charge in [0.15, 0.2) is 17.3 Å². The molecule has 0 aliphatic heterocycles. The van der Waals surface area contributed by atoms with Crippen molar-refractivity contribution in [3.05, 3.63) is 65.9 Å². The van der Waals surface area contributed by atoms with Crippen LogP contribution in [-0.4, -0.2) is 19.0 Å². The van der Waals surface area contributed by atoms with Crippen LogP contribution in [0.15, 0.2) is 60.3 Å². The van der Waals surface area contributed by atoms with Gasteiger partial charge in [-0.3, -0.25) is 4.79 Å². The number of fused-ring (bicyclic) bond motifs is 2. The second-order valence-electron chi connectivity index (χ2n) is 8.84. The number of nitrogens with zero attached hydrogens (tertiary/aromatic N) is 1. The minimum absolute atomic E-state index is 0.204. The van der Waals surface area contributed by atoms with Gasteiger partial charge in [-0.2, -0.15) is 0 Å². The number of ketones is 1. The van der Waals surface area contributed by atoms with E-state index in [4.69, 9.17) is 9.47 Å². The first-order chi connectivity index (χ1) is 14.7. The van der Waals surface area contributed by atoms with Crippen molar-refractivity contribution in [1.82, 2.24) is 0 Å². The standard InChI is InChI=1S/C26H29NO3/c1-29-24-12-10-22(16-26(24)30-25-14-19-7-8-20(25)13-19)27(21-9-11-23(28)15-21)17-18-5-3-2-4-6-18/h2-6,10,12,15-16,19-20,25H,7-9,11,13-14,17H2,1H3/t19-,20+,25+/m0/s1. The van der Waals surface area contributed by atoms with Crippen LogP contribution in [0.4, 0.5) is 5.69 Å². The van der Waals surface area contributed by atoms with Gasteiger partial charge in [-0.1, -0.05) is 30.3 Å². The molecule has 2 bridgehead atoms. The Balaban J connectivity index is 1.46. The van der Waals surface area contributed by atoms with Crippen LogP contribution in [0.3, 0.4) is 0 Å². The van der Waals surface area contributed by atoms with E-state index in [1.807, 2.05) is 12.1 Å². The molecule has 0 N–H and O–H groups in total. The van der Waals surface area contributed by atoms with Crippen LogP contribution in [0.5, 0.6) is 11.5 Å². The fourth-order valence-electron chi connectivity index (χ4n) is 5.34. The Morgan fingerprint density at radius 1 is 1.00 bits per heavy atom. The molecule has 2 saturated carbocycles. The number of allylic oxidation sites excluding steroid dienone is 2. The average Bonchev–Trinajstić information content (AvgIpc) is 3.50. The number of carbonyl (C=O) groups excluding carboxylic acids is 1. The van der Waals surface area contributed by atoms with Crippen LogP contribution in [0.2, 0.25) is 0 Å². The molecule has 3 atom stereocenters. The van der Waals surface area contributed by atoms with E-state index in [1.165, 1.54) is 24.8 Å². The molecule has 0 radical (unpaired) electrons. The summed E-state index contributed by atoms with van der Waals surface area (Å²) in [4.78, 5) is 14.2. The Morgan fingerprint density at radius 3 is 2.53 bits per heavy atom. The molecule has 0 spiro atoms. The number of hydrogen-bond donors (Lipinski definition) is 0. The SMILES string of the molecule is COc1ccc(N(Cc2ccccc2)C2=CC(=O)CC2)cc1O[C@@H]1C[C@H]2CC[C@@H]1C2. The third-order valence-electron chi connectivity index (χ3n) is 6.90. The smallest absolute Gasteiger partial charge is 0.163 e. The molecule has 4 nitrogen and oxygen atoms in total. The summed E-state index contributed by atoms with van der Waals surface area (Å²) in [5.74, 6) is 3.31. The maximum Gasteiger partial charge on any atom is 0.163 e. The number of hydrogen-bond acceptors (Lipinski definition) is 4. The Labute approximate surface area is 178 Å². The topological polar surface area (TPSA) is 38.8 Å². The van der Waals surface area contributed by atoms with Crippen molar-refractivity contribution in [2.75, 3.05) is 12.0 Å². The first-order valence-corrected chi connectivity index (χ1v) is 11.1. The van der Waals surface area contributed by atoms with Crippen LogP contribution in [0.25, 0.3) is 0 Å². The zero-order valence-electron chi connectivity index (χ0n) is 17.5. The largest absolute Gasteiger partial charge is 0.493 e. The van der Waals surface area contributed by atoms with Crippen molar-refractivity contribution in [3.63, 3.8) is 0 Å². The van der Waals surface area contributed by atoms with Gasteiger partial charge < -0.3 is 14.4 Å². The lowest BCUT2D eigenvalue weighted by molar-refractivity contribution is -0.114. The van der Waals surface area contributed by atoms with Crippen molar-refractivity contribution in [2.24, 2.45) is 11.8 Å². The number of ether oxygens (including phenoxy) is 2. The summed E-state index contributed by atoms with van der Waals surface area (Å²) >= 11 is 0. The van der Waals surface area contributed by atoms with E-state index in [9.17, 15) is 4.79 Å². The molecule has 0 saturated heterocycles. The van der Waals surface area contributed by atoms with E-state index < -0.39 is 0 Å². The van der Waals surface area contributed by atoms with Gasteiger partial charge >= 0.3 is 0 Å². The number of methoxy groups -OCH3 is 1. The summed E-state index contributed by atoms with van der Waals surface area (Å²) < 4.78 is 12.1. The number of carbonyl (C=O) groups is 1. The fraction of sp³-hybridized carbons (Fsp3) is 0.423. The van der Waals surface area contributed by atoms with Gasteiger partial charge in [0, 0.05) is 36.5 Å². The van der Waals surface area contributed by atoms with Crippen LogP contribution in [0, 0.1) is 11.8 Å². The van der Waals surface area contributed by atoms with E-state index >= 15 is 0 Å². The molecular weight excluding hydrogens is 374 g/mol. The van der Waals surface area contributed by atoms with Gasteiger partial charge in [0.25, 0.3) is 0 Å². The summed E-state index contributed by atoms with van der Waals surface area (Å²) in [6.07, 6.45) is 8.56. The molecule has 3 aliphatic carbocycles. The molecule has 0 heterocycles. The molecule has 2 aromatic rings. The number of anilines is 1. The third-order valence-corrected chi connectivity index (χ3v) is 6.90. The van der Waals surface area contributed by atoms with Gasteiger partial charge in [0.2, 0.25) is 0 Å². The molecule has 5 rings (SSSR count). The van der Waals surface area contributed by atoms with Crippen LogP contribution in [-0.2, 0) is 11.3 Å². The first kappa shape index (κ1) is 19.2. The molecule has 0 aromatic heterocycles. The summed E-state index contributed by atoms with van der Waals surface area (Å²) in [5, 5.41) is 0. The van der Waals surface area contributed by atoms with Crippen molar-refractivity contribution in [1.29, 1.82) is 0 Å². The molecule has 2 fully saturated rings. The Bertz CT molecular complexity index is 952. The fourth-order valence-corrected chi connectivity index (χ4v) is 5.34. The molecule has 30 heavy (non-hydrogen) atoms. The maximum absolute atomic E-state index is 12.0. The second kappa shape index (κ2) is 8.17. The van der Waals surface area contributed by atoms with Crippen LogP contribution < -0.4 is 14.4 Å². The first-order valence-electron chi connectivity index (χ1n) is 11.1. The normalized spacial score (nSPS) is 24.8. The monoisotopic (exact) mass is 403 g/mol. The quantitative estimate of drug-likeness (QED) is 0.610. The van der Waals surface area contributed by atoms with Crippen molar-refractivity contribution in [3.8, 4) is 11.5 Å². The molecule has 156 valence electrons. The lowest BCUT2D eigenvalue weighted by atomic mass is 9.98. The highest BCUT2D eigenvalue weighted by Gasteiger charge is 2.41. The Morgan fingerprint density at radius 2 is 1.87 bits per heavy atom.